The zero-order chi connectivity index (χ0) is 13.2. The van der Waals surface area contributed by atoms with Crippen molar-refractivity contribution < 1.29 is 4.42 Å². The van der Waals surface area contributed by atoms with Crippen molar-refractivity contribution in [3.63, 3.8) is 0 Å². The van der Waals surface area contributed by atoms with Gasteiger partial charge in [-0.2, -0.15) is 0 Å². The second-order valence-electron chi connectivity index (χ2n) is 4.90. The van der Waals surface area contributed by atoms with E-state index in [0.717, 1.165) is 44.1 Å². The third kappa shape index (κ3) is 2.64. The predicted octanol–water partition coefficient (Wildman–Crippen LogP) is 0.420. The Balaban J connectivity index is 1.76. The number of hydrogen-bond acceptors (Lipinski definition) is 5. The smallest absolute Gasteiger partial charge is 0.408 e. The van der Waals surface area contributed by atoms with Gasteiger partial charge in [-0.1, -0.05) is 0 Å². The number of benzene rings is 1. The van der Waals surface area contributed by atoms with Crippen molar-refractivity contribution in [3.8, 4) is 0 Å². The molecule has 2 aromatic rings. The lowest BCUT2D eigenvalue weighted by atomic mass is 10.2. The SMILES string of the molecule is CN(CN1CCNCC1)c1ccc2oc(=O)[nH]c2c1. The lowest BCUT2D eigenvalue weighted by Gasteiger charge is -2.32. The minimum Gasteiger partial charge on any atom is -0.408 e. The lowest BCUT2D eigenvalue weighted by Crippen LogP contribution is -2.47. The van der Waals surface area contributed by atoms with E-state index >= 15 is 0 Å². The molecule has 0 atom stereocenters. The van der Waals surface area contributed by atoms with Gasteiger partial charge in [0.05, 0.1) is 12.2 Å². The number of nitrogens with zero attached hydrogens (tertiary/aromatic N) is 2. The molecule has 0 aliphatic carbocycles. The predicted molar refractivity (Wildman–Crippen MR) is 74.5 cm³/mol. The molecule has 6 nitrogen and oxygen atoms in total. The Bertz CT molecular complexity index is 612. The monoisotopic (exact) mass is 262 g/mol. The first-order valence-electron chi connectivity index (χ1n) is 6.49. The van der Waals surface area contributed by atoms with E-state index in [4.69, 9.17) is 4.42 Å². The third-order valence-electron chi connectivity index (χ3n) is 3.47. The van der Waals surface area contributed by atoms with Crippen LogP contribution < -0.4 is 16.0 Å². The largest absolute Gasteiger partial charge is 0.417 e. The summed E-state index contributed by atoms with van der Waals surface area (Å²) in [4.78, 5) is 18.4. The average molecular weight is 262 g/mol. The molecule has 1 aliphatic heterocycles. The number of H-pyrrole nitrogens is 1. The standard InChI is InChI=1S/C13H18N4O2/c1-16(9-17-6-4-14-5-7-17)10-2-3-12-11(8-10)15-13(18)19-12/h2-3,8,14H,4-7,9H2,1H3,(H,15,18). The average Bonchev–Trinajstić information content (AvgIpc) is 2.78. The second kappa shape index (κ2) is 5.07. The Morgan fingerprint density at radius 3 is 2.95 bits per heavy atom. The Morgan fingerprint density at radius 1 is 1.37 bits per heavy atom. The van der Waals surface area contributed by atoms with Crippen LogP contribution in [0.1, 0.15) is 0 Å². The zero-order valence-corrected chi connectivity index (χ0v) is 11.0. The highest BCUT2D eigenvalue weighted by Gasteiger charge is 2.12. The molecule has 6 heteroatoms. The van der Waals surface area contributed by atoms with Gasteiger partial charge in [0.2, 0.25) is 0 Å². The summed E-state index contributed by atoms with van der Waals surface area (Å²) >= 11 is 0. The molecule has 0 saturated carbocycles. The molecule has 0 radical (unpaired) electrons. The molecule has 0 unspecified atom stereocenters. The summed E-state index contributed by atoms with van der Waals surface area (Å²) in [5, 5.41) is 3.34. The molecule has 0 amide bonds. The molecule has 1 saturated heterocycles. The summed E-state index contributed by atoms with van der Waals surface area (Å²) in [6.45, 7) is 5.10. The lowest BCUT2D eigenvalue weighted by molar-refractivity contribution is 0.243. The summed E-state index contributed by atoms with van der Waals surface area (Å²) in [5.41, 5.74) is 2.42. The Hall–Kier alpha value is -1.79. The van der Waals surface area contributed by atoms with Crippen LogP contribution in [-0.2, 0) is 0 Å². The maximum atomic E-state index is 11.1. The summed E-state index contributed by atoms with van der Waals surface area (Å²) in [6.07, 6.45) is 0. The van der Waals surface area contributed by atoms with E-state index in [1.807, 2.05) is 18.2 Å². The fraction of sp³-hybridized carbons (Fsp3) is 0.462. The van der Waals surface area contributed by atoms with Crippen LogP contribution in [0.2, 0.25) is 0 Å². The normalized spacial score (nSPS) is 16.9. The van der Waals surface area contributed by atoms with Gasteiger partial charge in [0.15, 0.2) is 5.58 Å². The Morgan fingerprint density at radius 2 is 2.16 bits per heavy atom. The fourth-order valence-corrected chi connectivity index (χ4v) is 2.41. The van der Waals surface area contributed by atoms with E-state index in [9.17, 15) is 4.79 Å². The summed E-state index contributed by atoms with van der Waals surface area (Å²) in [7, 11) is 2.06. The van der Waals surface area contributed by atoms with Gasteiger partial charge in [0.25, 0.3) is 0 Å². The number of hydrogen-bond donors (Lipinski definition) is 2. The van der Waals surface area contributed by atoms with Crippen molar-refractivity contribution >= 4 is 16.8 Å². The molecule has 1 aliphatic rings. The van der Waals surface area contributed by atoms with Crippen LogP contribution in [0.4, 0.5) is 5.69 Å². The zero-order valence-electron chi connectivity index (χ0n) is 11.0. The van der Waals surface area contributed by atoms with E-state index in [-0.39, 0.29) is 0 Å². The molecule has 2 heterocycles. The highest BCUT2D eigenvalue weighted by molar-refractivity contribution is 5.77. The first kappa shape index (κ1) is 12.3. The maximum absolute atomic E-state index is 11.1. The molecule has 0 bridgehead atoms. The van der Waals surface area contributed by atoms with Crippen LogP contribution in [0.3, 0.4) is 0 Å². The third-order valence-corrected chi connectivity index (χ3v) is 3.47. The van der Waals surface area contributed by atoms with E-state index in [0.29, 0.717) is 5.58 Å². The number of aromatic nitrogens is 1. The van der Waals surface area contributed by atoms with Crippen LogP contribution in [0, 0.1) is 0 Å². The van der Waals surface area contributed by atoms with Gasteiger partial charge < -0.3 is 14.6 Å². The summed E-state index contributed by atoms with van der Waals surface area (Å²) in [6, 6.07) is 5.75. The number of piperazine rings is 1. The number of nitrogens with one attached hydrogen (secondary N) is 2. The second-order valence-corrected chi connectivity index (χ2v) is 4.90. The molecule has 1 aromatic heterocycles. The minimum atomic E-state index is -0.406. The van der Waals surface area contributed by atoms with Gasteiger partial charge in [-0.15, -0.1) is 0 Å². The van der Waals surface area contributed by atoms with Gasteiger partial charge in [-0.25, -0.2) is 4.79 Å². The first-order chi connectivity index (χ1) is 9.22. The van der Waals surface area contributed by atoms with Crippen LogP contribution in [0.5, 0.6) is 0 Å². The Kier molecular flexibility index (Phi) is 3.27. The molecule has 2 N–H and O–H groups in total. The molecular formula is C13H18N4O2. The van der Waals surface area contributed by atoms with E-state index in [1.165, 1.54) is 0 Å². The number of rotatable bonds is 3. The highest BCUT2D eigenvalue weighted by Crippen LogP contribution is 2.19. The van der Waals surface area contributed by atoms with Crippen LogP contribution in [0.25, 0.3) is 11.1 Å². The van der Waals surface area contributed by atoms with Crippen molar-refractivity contribution in [1.29, 1.82) is 0 Å². The van der Waals surface area contributed by atoms with Crippen LogP contribution in [0.15, 0.2) is 27.4 Å². The van der Waals surface area contributed by atoms with Crippen molar-refractivity contribution in [2.75, 3.05) is 44.8 Å². The van der Waals surface area contributed by atoms with Gasteiger partial charge >= 0.3 is 5.76 Å². The molecule has 3 rings (SSSR count). The van der Waals surface area contributed by atoms with E-state index < -0.39 is 5.76 Å². The van der Waals surface area contributed by atoms with Crippen molar-refractivity contribution in [1.82, 2.24) is 15.2 Å². The molecule has 0 spiro atoms. The van der Waals surface area contributed by atoms with Crippen LogP contribution in [-0.4, -0.2) is 49.8 Å². The van der Waals surface area contributed by atoms with E-state index in [2.05, 4.69) is 27.1 Å². The molecule has 102 valence electrons. The Labute approximate surface area is 111 Å². The van der Waals surface area contributed by atoms with Crippen molar-refractivity contribution in [2.45, 2.75) is 0 Å². The molecule has 1 aromatic carbocycles. The highest BCUT2D eigenvalue weighted by atomic mass is 16.4. The number of aromatic amines is 1. The van der Waals surface area contributed by atoms with E-state index in [1.54, 1.807) is 0 Å². The minimum absolute atomic E-state index is 0.406. The van der Waals surface area contributed by atoms with Crippen LogP contribution >= 0.6 is 0 Å². The van der Waals surface area contributed by atoms with Crippen molar-refractivity contribution in [3.05, 3.63) is 28.7 Å². The number of oxazole rings is 1. The van der Waals surface area contributed by atoms with Crippen molar-refractivity contribution in [2.24, 2.45) is 0 Å². The number of fused-ring (bicyclic) bond motifs is 1. The maximum Gasteiger partial charge on any atom is 0.417 e. The van der Waals surface area contributed by atoms with Gasteiger partial charge in [-0.05, 0) is 18.2 Å². The summed E-state index contributed by atoms with van der Waals surface area (Å²) < 4.78 is 5.00. The summed E-state index contributed by atoms with van der Waals surface area (Å²) in [5.74, 6) is -0.406. The van der Waals surface area contributed by atoms with Gasteiger partial charge in [-0.3, -0.25) is 9.88 Å². The molecule has 1 fully saturated rings. The number of anilines is 1. The first-order valence-corrected chi connectivity index (χ1v) is 6.49. The fourth-order valence-electron chi connectivity index (χ4n) is 2.41. The quantitative estimate of drug-likeness (QED) is 0.839. The topological polar surface area (TPSA) is 64.5 Å². The molecular weight excluding hydrogens is 244 g/mol. The van der Waals surface area contributed by atoms with Gasteiger partial charge in [0, 0.05) is 38.9 Å². The van der Waals surface area contributed by atoms with Gasteiger partial charge in [0.1, 0.15) is 0 Å². The molecule has 19 heavy (non-hydrogen) atoms.